The SMILES string of the molecule is CC(C)(C)c1cc(NC2CNC2)nc(N2CCC2)n1.CC(C)(C)c1cc(NC2COC2)nc(N2CCN(C(=O)C3CC3)CC2)n1.CC(C)(C)c1cc(NC2COC2)nc(N2CCN(S(C)(=O)=O)CC2)n1.CC(C)N1CCN(c2nc(NC3CNC3)cc(C(C)(C)C)n2)CC1.COc1nc(NC2CNC2)cc(C(C)(C)C)n1. The van der Waals surface area contributed by atoms with E-state index in [1.54, 1.807) is 7.11 Å². The summed E-state index contributed by atoms with van der Waals surface area (Å²) < 4.78 is 40.5. The second-order valence-electron chi connectivity index (χ2n) is 36.6. The van der Waals surface area contributed by atoms with Crippen LogP contribution in [0.2, 0.25) is 0 Å². The van der Waals surface area contributed by atoms with Gasteiger partial charge in [0.05, 0.1) is 98.5 Å². The van der Waals surface area contributed by atoms with Crippen LogP contribution in [-0.4, -0.2) is 285 Å². The first-order valence-electron chi connectivity index (χ1n) is 40.5. The third kappa shape index (κ3) is 24.1. The van der Waals surface area contributed by atoms with Crippen molar-refractivity contribution in [3.8, 4) is 6.01 Å². The van der Waals surface area contributed by atoms with Crippen LogP contribution in [0.1, 0.15) is 165 Å². The summed E-state index contributed by atoms with van der Waals surface area (Å²) in [4.78, 5) is 72.4. The van der Waals surface area contributed by atoms with Crippen molar-refractivity contribution in [2.24, 2.45) is 5.92 Å². The monoisotopic (exact) mass is 1560 g/mol. The molecular weight excluding hydrogens is 1430 g/mol. The molecule has 14 heterocycles. The Morgan fingerprint density at radius 3 is 0.973 bits per heavy atom. The molecule has 0 aromatic carbocycles. The number of rotatable bonds is 18. The van der Waals surface area contributed by atoms with Crippen LogP contribution >= 0.6 is 0 Å². The lowest BCUT2D eigenvalue weighted by Crippen LogP contribution is -2.52. The number of ether oxygens (including phenoxy) is 3. The van der Waals surface area contributed by atoms with Gasteiger partial charge in [-0.3, -0.25) is 9.69 Å². The standard InChI is InChI=1S/C19H29N5O2.C18H32N6.C16H27N5O3S.C14H23N5.C12H20N4O/c1-19(2,3)15-10-16(20-14-11-26-12-14)22-18(21-15)24-8-6-23(7-9-24)17(25)13-4-5-13;1-13(2)23-6-8-24(9-7-23)17-21-15(18(3,4)5)10-16(22-17)20-14-11-19-12-14;1-16(2,3)13-9-14(17-12-10-24-11-12)19-15(18-13)20-5-7-21(8-6-20)25(4,22)23;1-14(2,3)11-7-12(16-10-8-15-9-10)18-13(17-11)19-5-4-6-19;1-12(2,3)9-5-10(14-8-6-13-7-8)16-11(15-9)17-4/h10,13-14H,4-9,11-12H2,1-3H3,(H,20,21,22);10,13-14,19H,6-9,11-12H2,1-5H3,(H,20,21,22);9,12H,5-8,10-11H2,1-4H3,(H,17,18,19);7,10,15H,4-6,8-9H2,1-3H3,(H,16,17,18);5,8,13H,6-7H2,1-4H3,(H,14,15,16). The molecule has 31 nitrogen and oxygen atoms in total. The minimum atomic E-state index is -3.14. The molecule has 111 heavy (non-hydrogen) atoms. The predicted molar refractivity (Wildman–Crippen MR) is 443 cm³/mol. The lowest BCUT2D eigenvalue weighted by molar-refractivity contribution is -0.132. The van der Waals surface area contributed by atoms with Crippen molar-refractivity contribution in [2.45, 2.75) is 200 Å². The summed E-state index contributed by atoms with van der Waals surface area (Å²) in [6.45, 7) is 57.4. The van der Waals surface area contributed by atoms with Gasteiger partial charge in [-0.25, -0.2) is 28.4 Å². The fraction of sp³-hybridized carbons (Fsp3) is 0.734. The van der Waals surface area contributed by atoms with Gasteiger partial charge in [-0.1, -0.05) is 104 Å². The Morgan fingerprint density at radius 2 is 0.721 bits per heavy atom. The van der Waals surface area contributed by atoms with Crippen molar-refractivity contribution in [1.29, 1.82) is 0 Å². The molecule has 1 amide bonds. The number of anilines is 9. The largest absolute Gasteiger partial charge is 0.467 e. The second-order valence-corrected chi connectivity index (χ2v) is 38.6. The maximum absolute atomic E-state index is 12.3. The van der Waals surface area contributed by atoms with Crippen LogP contribution in [0.5, 0.6) is 6.01 Å². The number of carbonyl (C=O) groups is 1. The van der Waals surface area contributed by atoms with E-state index in [1.165, 1.54) is 17.0 Å². The molecule has 0 spiro atoms. The van der Waals surface area contributed by atoms with Crippen molar-refractivity contribution < 1.29 is 27.4 Å². The van der Waals surface area contributed by atoms with Gasteiger partial charge in [0, 0.05) is 200 Å². The van der Waals surface area contributed by atoms with Crippen molar-refractivity contribution in [1.82, 2.24) is 79.9 Å². The van der Waals surface area contributed by atoms with E-state index in [9.17, 15) is 13.2 Å². The molecule has 15 rings (SSSR count). The third-order valence-corrected chi connectivity index (χ3v) is 22.5. The summed E-state index contributed by atoms with van der Waals surface area (Å²) in [5.41, 5.74) is 5.11. The molecule has 614 valence electrons. The average molecular weight is 1560 g/mol. The molecule has 32 heteroatoms. The fourth-order valence-corrected chi connectivity index (χ4v) is 13.7. The Hall–Kier alpha value is -7.46. The van der Waals surface area contributed by atoms with Gasteiger partial charge >= 0.3 is 6.01 Å². The molecule has 5 aromatic heterocycles. The number of piperazine rings is 3. The smallest absolute Gasteiger partial charge is 0.318 e. The van der Waals surface area contributed by atoms with Gasteiger partial charge in [-0.2, -0.15) is 34.2 Å². The topological polar surface area (TPSA) is 327 Å². The number of hydrogen-bond donors (Lipinski definition) is 8. The van der Waals surface area contributed by atoms with Crippen LogP contribution in [0.4, 0.5) is 52.9 Å². The number of aromatic nitrogens is 10. The molecule has 1 aliphatic carbocycles. The first-order chi connectivity index (χ1) is 52.4. The summed E-state index contributed by atoms with van der Waals surface area (Å²) in [5.74, 6) is 8.24. The van der Waals surface area contributed by atoms with Gasteiger partial charge in [-0.05, 0) is 33.1 Å². The molecule has 0 radical (unpaired) electrons. The molecule has 10 aliphatic rings. The van der Waals surface area contributed by atoms with Crippen LogP contribution in [-0.2, 0) is 51.4 Å². The van der Waals surface area contributed by atoms with Gasteiger partial charge in [-0.15, -0.1) is 0 Å². The molecule has 0 unspecified atom stereocenters. The Bertz CT molecular complexity index is 3980. The van der Waals surface area contributed by atoms with E-state index >= 15 is 0 Å². The van der Waals surface area contributed by atoms with Crippen LogP contribution in [0.3, 0.4) is 0 Å². The van der Waals surface area contributed by atoms with Crippen molar-refractivity contribution >= 4 is 68.8 Å². The number of sulfonamides is 1. The highest BCUT2D eigenvalue weighted by atomic mass is 32.2. The van der Waals surface area contributed by atoms with Gasteiger partial charge in [0.15, 0.2) is 0 Å². The van der Waals surface area contributed by atoms with E-state index in [0.717, 1.165) is 206 Å². The van der Waals surface area contributed by atoms with Crippen molar-refractivity contribution in [2.75, 3.05) is 217 Å². The van der Waals surface area contributed by atoms with Crippen LogP contribution in [0, 0.1) is 5.92 Å². The summed E-state index contributed by atoms with van der Waals surface area (Å²) in [6.07, 6.45) is 4.63. The molecule has 0 bridgehead atoms. The summed E-state index contributed by atoms with van der Waals surface area (Å²) >= 11 is 0. The number of carbonyl (C=O) groups excluding carboxylic acids is 1. The number of nitrogens with zero attached hydrogens (tertiary/aromatic N) is 17. The normalized spacial score (nSPS) is 19.9. The number of hydrogen-bond acceptors (Lipinski definition) is 29. The molecule has 0 atom stereocenters. The van der Waals surface area contributed by atoms with E-state index in [4.69, 9.17) is 44.1 Å². The molecule has 5 aromatic rings. The highest BCUT2D eigenvalue weighted by molar-refractivity contribution is 7.88. The Morgan fingerprint density at radius 1 is 0.423 bits per heavy atom. The average Bonchev–Trinajstić information content (AvgIpc) is 1.72. The second kappa shape index (κ2) is 35.9. The van der Waals surface area contributed by atoms with Gasteiger partial charge in [0.1, 0.15) is 29.1 Å². The van der Waals surface area contributed by atoms with E-state index in [0.29, 0.717) is 93.4 Å². The van der Waals surface area contributed by atoms with Crippen molar-refractivity contribution in [3.63, 3.8) is 0 Å². The lowest BCUT2D eigenvalue weighted by Gasteiger charge is -2.37. The first-order valence-corrected chi connectivity index (χ1v) is 42.3. The molecule has 9 aliphatic heterocycles. The van der Waals surface area contributed by atoms with Crippen LogP contribution in [0.15, 0.2) is 30.3 Å². The Labute approximate surface area is 660 Å². The van der Waals surface area contributed by atoms with Gasteiger partial charge < -0.3 is 81.2 Å². The van der Waals surface area contributed by atoms with E-state index in [2.05, 4.69) is 223 Å². The molecular formula is C79H131N25O6S. The quantitative estimate of drug-likeness (QED) is 0.0462. The van der Waals surface area contributed by atoms with Crippen LogP contribution in [0.25, 0.3) is 0 Å². The number of methoxy groups -OCH3 is 1. The summed E-state index contributed by atoms with van der Waals surface area (Å²) in [5, 5.41) is 27.0. The molecule has 8 N–H and O–H groups in total. The van der Waals surface area contributed by atoms with Crippen LogP contribution < -0.4 is 66.9 Å². The predicted octanol–water partition coefficient (Wildman–Crippen LogP) is 6.53. The Kier molecular flexibility index (Phi) is 27.3. The highest BCUT2D eigenvalue weighted by Gasteiger charge is 2.37. The number of amides is 1. The van der Waals surface area contributed by atoms with Gasteiger partial charge in [0.2, 0.25) is 39.7 Å². The molecule has 1 saturated carbocycles. The van der Waals surface area contributed by atoms with Gasteiger partial charge in [0.25, 0.3) is 0 Å². The highest BCUT2D eigenvalue weighted by Crippen LogP contribution is 2.34. The summed E-state index contributed by atoms with van der Waals surface area (Å²) in [6, 6.07) is 13.4. The molecule has 10 fully saturated rings. The maximum Gasteiger partial charge on any atom is 0.318 e. The zero-order chi connectivity index (χ0) is 79.8. The first kappa shape index (κ1) is 84.4. The van der Waals surface area contributed by atoms with E-state index in [1.807, 2.05) is 17.0 Å². The van der Waals surface area contributed by atoms with E-state index < -0.39 is 10.0 Å². The van der Waals surface area contributed by atoms with Crippen molar-refractivity contribution in [3.05, 3.63) is 58.8 Å². The Balaban J connectivity index is 0.000000139. The number of nitrogens with one attached hydrogen (secondary N) is 8. The minimum Gasteiger partial charge on any atom is -0.467 e. The zero-order valence-corrected chi connectivity index (χ0v) is 70.8. The zero-order valence-electron chi connectivity index (χ0n) is 70.0. The summed E-state index contributed by atoms with van der Waals surface area (Å²) in [7, 11) is -1.55. The molecule has 9 saturated heterocycles. The van der Waals surface area contributed by atoms with E-state index in [-0.39, 0.29) is 33.1 Å². The minimum absolute atomic E-state index is 0.00941. The lowest BCUT2D eigenvalue weighted by atomic mass is 9.92. The fourth-order valence-electron chi connectivity index (χ4n) is 12.9. The third-order valence-electron chi connectivity index (χ3n) is 21.2. The maximum atomic E-state index is 12.3.